The molecule has 0 bridgehead atoms. The average Bonchev–Trinajstić information content (AvgIpc) is 2.99. The Labute approximate surface area is 254 Å². The number of hydrogen-bond acceptors (Lipinski definition) is 6. The molecule has 2 heterocycles. The van der Waals surface area contributed by atoms with Crippen LogP contribution in [0.15, 0.2) is 45.6 Å². The lowest BCUT2D eigenvalue weighted by atomic mass is 10.0. The lowest BCUT2D eigenvalue weighted by Crippen LogP contribution is -2.38. The first-order valence-electron chi connectivity index (χ1n) is 16.4. The molecule has 0 fully saturated rings. The fourth-order valence-electron chi connectivity index (χ4n) is 5.58. The van der Waals surface area contributed by atoms with Crippen molar-refractivity contribution in [2.45, 2.75) is 117 Å². The average molecular weight is 596 g/mol. The van der Waals surface area contributed by atoms with Gasteiger partial charge in [-0.25, -0.2) is 4.79 Å². The van der Waals surface area contributed by atoms with E-state index in [-0.39, 0.29) is 5.63 Å². The Morgan fingerprint density at radius 1 is 0.738 bits per heavy atom. The van der Waals surface area contributed by atoms with Crippen molar-refractivity contribution in [3.63, 3.8) is 0 Å². The van der Waals surface area contributed by atoms with Crippen molar-refractivity contribution in [3.8, 4) is 16.9 Å². The molecule has 0 saturated carbocycles. The van der Waals surface area contributed by atoms with Crippen molar-refractivity contribution in [1.29, 1.82) is 0 Å². The van der Waals surface area contributed by atoms with Crippen molar-refractivity contribution in [2.75, 3.05) is 19.8 Å². The monoisotopic (exact) mass is 595 g/mol. The lowest BCUT2D eigenvalue weighted by Gasteiger charge is -2.25. The van der Waals surface area contributed by atoms with Gasteiger partial charge in [0.2, 0.25) is 0 Å². The number of nitrogens with zero attached hydrogens (tertiary/aromatic N) is 1. The maximum atomic E-state index is 12.9. The number of rotatable bonds is 21. The molecule has 0 unspecified atom stereocenters. The minimum Gasteiger partial charge on any atom is -0.493 e. The molecule has 232 valence electrons. The molecule has 3 aromatic rings. The predicted octanol–water partition coefficient (Wildman–Crippen LogP) is 9.40. The van der Waals surface area contributed by atoms with Crippen LogP contribution in [0.1, 0.15) is 103 Å². The van der Waals surface area contributed by atoms with Crippen molar-refractivity contribution in [1.82, 2.24) is 4.98 Å². The number of ether oxygens (including phenoxy) is 1. The third kappa shape index (κ3) is 10.7. The minimum atomic E-state index is -1.93. The fraction of sp³-hybridized carbons (Fsp3) is 0.600. The quantitative estimate of drug-likeness (QED) is 0.0694. The zero-order valence-electron chi connectivity index (χ0n) is 26.8. The molecule has 0 spiro atoms. The normalized spacial score (nSPS) is 11.8. The molecule has 0 aliphatic rings. The summed E-state index contributed by atoms with van der Waals surface area (Å²) in [6.45, 7) is 12.7. The minimum absolute atomic E-state index is 0.340. The first-order chi connectivity index (χ1) is 20.4. The van der Waals surface area contributed by atoms with Gasteiger partial charge < -0.3 is 18.0 Å². The van der Waals surface area contributed by atoms with E-state index in [4.69, 9.17) is 23.0 Å². The van der Waals surface area contributed by atoms with Crippen LogP contribution in [0.5, 0.6) is 5.75 Å². The Morgan fingerprint density at radius 3 is 2.00 bits per heavy atom. The molecule has 3 rings (SSSR count). The molecular formula is C35H53NO5Si. The van der Waals surface area contributed by atoms with Crippen LogP contribution < -0.4 is 10.4 Å². The first-order valence-corrected chi connectivity index (χ1v) is 18.9. The van der Waals surface area contributed by atoms with Crippen LogP contribution in [-0.2, 0) is 21.7 Å². The van der Waals surface area contributed by atoms with Gasteiger partial charge in [0.05, 0.1) is 12.2 Å². The number of aromatic nitrogens is 1. The molecule has 2 aromatic heterocycles. The van der Waals surface area contributed by atoms with E-state index in [2.05, 4.69) is 34.2 Å². The smallest absolute Gasteiger partial charge is 0.344 e. The van der Waals surface area contributed by atoms with Gasteiger partial charge in [-0.1, -0.05) is 77.7 Å². The number of pyridine rings is 1. The summed E-state index contributed by atoms with van der Waals surface area (Å²) >= 11 is 0. The molecule has 42 heavy (non-hydrogen) atoms. The Bertz CT molecular complexity index is 1270. The molecule has 0 amide bonds. The Morgan fingerprint density at radius 2 is 1.38 bits per heavy atom. The number of unbranched alkanes of at least 4 members (excludes halogenated alkanes) is 9. The molecule has 0 N–H and O–H groups in total. The number of benzene rings is 1. The molecule has 0 saturated heterocycles. The third-order valence-corrected chi connectivity index (χ3v) is 11.0. The Hall–Kier alpha value is -2.48. The van der Waals surface area contributed by atoms with Gasteiger partial charge in [-0.3, -0.25) is 4.98 Å². The van der Waals surface area contributed by atoms with Gasteiger partial charge in [-0.05, 0) is 70.0 Å². The molecule has 0 aliphatic heterocycles. The molecule has 0 aliphatic carbocycles. The molecular weight excluding hydrogens is 542 g/mol. The molecule has 6 nitrogen and oxygen atoms in total. The van der Waals surface area contributed by atoms with E-state index in [9.17, 15) is 4.79 Å². The molecule has 0 atom stereocenters. The van der Waals surface area contributed by atoms with E-state index in [0.29, 0.717) is 17.8 Å². The van der Waals surface area contributed by atoms with Crippen LogP contribution in [0.4, 0.5) is 0 Å². The van der Waals surface area contributed by atoms with E-state index in [1.165, 1.54) is 57.8 Å². The second-order valence-electron chi connectivity index (χ2n) is 11.3. The Kier molecular flexibility index (Phi) is 14.8. The number of hydrogen-bond donors (Lipinski definition) is 0. The van der Waals surface area contributed by atoms with Crippen LogP contribution in [0.25, 0.3) is 22.1 Å². The van der Waals surface area contributed by atoms with E-state index >= 15 is 0 Å². The second-order valence-corrected chi connectivity index (χ2v) is 14.6. The summed E-state index contributed by atoms with van der Waals surface area (Å²) < 4.78 is 23.6. The van der Waals surface area contributed by atoms with Gasteiger partial charge in [0, 0.05) is 41.6 Å². The lowest BCUT2D eigenvalue weighted by molar-refractivity contribution is 0.188. The van der Waals surface area contributed by atoms with Crippen molar-refractivity contribution in [2.24, 2.45) is 0 Å². The highest BCUT2D eigenvalue weighted by molar-refractivity contribution is 6.66. The maximum Gasteiger partial charge on any atom is 0.344 e. The summed E-state index contributed by atoms with van der Waals surface area (Å²) in [6, 6.07) is 12.8. The van der Waals surface area contributed by atoms with Crippen LogP contribution in [0.2, 0.25) is 12.6 Å². The fourth-order valence-corrected chi connectivity index (χ4v) is 8.06. The number of fused-ring (bicyclic) bond motifs is 1. The highest BCUT2D eigenvalue weighted by Gasteiger charge is 2.29. The van der Waals surface area contributed by atoms with Crippen molar-refractivity contribution < 1.29 is 18.0 Å². The zero-order chi connectivity index (χ0) is 30.2. The summed E-state index contributed by atoms with van der Waals surface area (Å²) in [5.74, 6) is 0.743. The number of aryl methyl sites for hydroxylation is 2. The standard InChI is InChI=1S/C35H53NO5Si/c1-6-29-21-23-31(33(7-2)36-29)32-26-28-20-22-30(27-34(28)41-35(32)37)38-24-18-16-14-12-10-11-13-15-17-19-25-42(5,39-8-3)40-9-4/h20-23,26-27H,6-19,24-25H2,1-5H3. The molecule has 1 aromatic carbocycles. The van der Waals surface area contributed by atoms with Gasteiger partial charge in [0.15, 0.2) is 0 Å². The molecule has 7 heteroatoms. The highest BCUT2D eigenvalue weighted by atomic mass is 28.4. The topological polar surface area (TPSA) is 70.8 Å². The summed E-state index contributed by atoms with van der Waals surface area (Å²) in [4.78, 5) is 17.6. The van der Waals surface area contributed by atoms with Gasteiger partial charge >= 0.3 is 14.2 Å². The Balaban J connectivity index is 1.32. The zero-order valence-corrected chi connectivity index (χ0v) is 27.8. The maximum absolute atomic E-state index is 12.9. The summed E-state index contributed by atoms with van der Waals surface area (Å²) in [7, 11) is -1.93. The van der Waals surface area contributed by atoms with Crippen LogP contribution in [-0.4, -0.2) is 33.4 Å². The van der Waals surface area contributed by atoms with E-state index in [0.717, 1.165) is 66.6 Å². The summed E-state index contributed by atoms with van der Waals surface area (Å²) in [6.07, 6.45) is 14.2. The van der Waals surface area contributed by atoms with Crippen LogP contribution in [0.3, 0.4) is 0 Å². The largest absolute Gasteiger partial charge is 0.493 e. The van der Waals surface area contributed by atoms with E-state index in [1.54, 1.807) is 0 Å². The summed E-state index contributed by atoms with van der Waals surface area (Å²) in [5.41, 5.74) is 3.59. The third-order valence-electron chi connectivity index (χ3n) is 7.92. The molecule has 0 radical (unpaired) electrons. The van der Waals surface area contributed by atoms with Crippen LogP contribution in [0, 0.1) is 0 Å². The predicted molar refractivity (Wildman–Crippen MR) is 176 cm³/mol. The van der Waals surface area contributed by atoms with Crippen molar-refractivity contribution in [3.05, 3.63) is 58.2 Å². The second kappa shape index (κ2) is 18.2. The van der Waals surface area contributed by atoms with Crippen LogP contribution >= 0.6 is 0 Å². The van der Waals surface area contributed by atoms with Gasteiger partial charge in [0.25, 0.3) is 0 Å². The SMILES string of the molecule is CCO[Si](C)(CCCCCCCCCCCCOc1ccc2cc(-c3ccc(CC)nc3CC)c(=O)oc2c1)OCC. The van der Waals surface area contributed by atoms with E-state index < -0.39 is 8.56 Å². The van der Waals surface area contributed by atoms with Gasteiger partial charge in [-0.2, -0.15) is 0 Å². The highest BCUT2D eigenvalue weighted by Crippen LogP contribution is 2.27. The van der Waals surface area contributed by atoms with Crippen molar-refractivity contribution >= 4 is 19.5 Å². The first kappa shape index (κ1) is 34.0. The van der Waals surface area contributed by atoms with E-state index in [1.807, 2.05) is 36.4 Å². The summed E-state index contributed by atoms with van der Waals surface area (Å²) in [5, 5.41) is 0.884. The van der Waals surface area contributed by atoms with Gasteiger partial charge in [-0.15, -0.1) is 0 Å². The van der Waals surface area contributed by atoms with Gasteiger partial charge in [0.1, 0.15) is 11.3 Å².